The Balaban J connectivity index is 1.76. The van der Waals surface area contributed by atoms with Gasteiger partial charge in [-0.05, 0) is 73.5 Å². The van der Waals surface area contributed by atoms with Crippen LogP contribution in [0.5, 0.6) is 11.5 Å². The van der Waals surface area contributed by atoms with E-state index < -0.39 is 35.4 Å². The first kappa shape index (κ1) is 29.4. The molecule has 1 fully saturated rings. The SMILES string of the molecule is COc1ccc(C(=O)C2C(c3ccc(C)cc3)N(C(=O)Nc3ccccc3)C(C)(C(=O)O)C2c2ccc(OC)cc2)cc1. The zero-order chi connectivity index (χ0) is 30.7. The molecule has 1 heterocycles. The molecule has 43 heavy (non-hydrogen) atoms. The summed E-state index contributed by atoms with van der Waals surface area (Å²) >= 11 is 0. The molecule has 0 aliphatic carbocycles. The smallest absolute Gasteiger partial charge is 0.330 e. The van der Waals surface area contributed by atoms with Gasteiger partial charge in [-0.25, -0.2) is 9.59 Å². The van der Waals surface area contributed by atoms with Crippen LogP contribution in [-0.2, 0) is 4.79 Å². The number of Topliss-reactive ketones (excluding diaryl/α,β-unsaturated/α-hetero) is 1. The van der Waals surface area contributed by atoms with E-state index in [1.54, 1.807) is 87.0 Å². The number of benzene rings is 4. The van der Waals surface area contributed by atoms with Crippen molar-refractivity contribution >= 4 is 23.5 Å². The second-order valence-corrected chi connectivity index (χ2v) is 10.8. The first-order chi connectivity index (χ1) is 20.7. The van der Waals surface area contributed by atoms with Crippen LogP contribution in [0.2, 0.25) is 0 Å². The lowest BCUT2D eigenvalue weighted by Crippen LogP contribution is -2.55. The highest BCUT2D eigenvalue weighted by molar-refractivity contribution is 6.03. The number of ketones is 1. The Morgan fingerprint density at radius 1 is 0.767 bits per heavy atom. The number of aryl methyl sites for hydroxylation is 1. The molecule has 220 valence electrons. The lowest BCUT2D eigenvalue weighted by atomic mass is 9.71. The summed E-state index contributed by atoms with van der Waals surface area (Å²) < 4.78 is 10.7. The van der Waals surface area contributed by atoms with E-state index >= 15 is 0 Å². The highest BCUT2D eigenvalue weighted by Crippen LogP contribution is 2.57. The number of rotatable bonds is 8. The quantitative estimate of drug-likeness (QED) is 0.225. The lowest BCUT2D eigenvalue weighted by Gasteiger charge is -2.37. The second kappa shape index (κ2) is 12.0. The van der Waals surface area contributed by atoms with Crippen LogP contribution in [0, 0.1) is 12.8 Å². The molecule has 2 amide bonds. The maximum atomic E-state index is 14.6. The summed E-state index contributed by atoms with van der Waals surface area (Å²) in [6.07, 6.45) is 0. The summed E-state index contributed by atoms with van der Waals surface area (Å²) in [6.45, 7) is 3.47. The number of methoxy groups -OCH3 is 2. The topological polar surface area (TPSA) is 105 Å². The maximum Gasteiger partial charge on any atom is 0.330 e. The van der Waals surface area contributed by atoms with Gasteiger partial charge in [-0.2, -0.15) is 0 Å². The highest BCUT2D eigenvalue weighted by Gasteiger charge is 2.65. The van der Waals surface area contributed by atoms with Crippen LogP contribution in [0.1, 0.15) is 45.9 Å². The van der Waals surface area contributed by atoms with Crippen molar-refractivity contribution in [1.29, 1.82) is 0 Å². The summed E-state index contributed by atoms with van der Waals surface area (Å²) in [4.78, 5) is 43.7. The van der Waals surface area contributed by atoms with E-state index in [9.17, 15) is 19.5 Å². The number of nitrogens with one attached hydrogen (secondary N) is 1. The average molecular weight is 579 g/mol. The molecule has 5 rings (SSSR count). The van der Waals surface area contributed by atoms with E-state index in [0.29, 0.717) is 33.9 Å². The molecule has 4 aromatic rings. The first-order valence-corrected chi connectivity index (χ1v) is 14.0. The van der Waals surface area contributed by atoms with Crippen LogP contribution in [0.25, 0.3) is 0 Å². The Hall–Kier alpha value is -5.11. The predicted octanol–water partition coefficient (Wildman–Crippen LogP) is 6.73. The third-order valence-corrected chi connectivity index (χ3v) is 8.33. The molecule has 4 aromatic carbocycles. The third kappa shape index (κ3) is 5.44. The molecule has 0 radical (unpaired) electrons. The van der Waals surface area contributed by atoms with Crippen molar-refractivity contribution in [2.75, 3.05) is 19.5 Å². The zero-order valence-electron chi connectivity index (χ0n) is 24.5. The van der Waals surface area contributed by atoms with Crippen molar-refractivity contribution in [2.24, 2.45) is 5.92 Å². The van der Waals surface area contributed by atoms with Crippen molar-refractivity contribution in [1.82, 2.24) is 4.90 Å². The van der Waals surface area contributed by atoms with Crippen LogP contribution in [-0.4, -0.2) is 47.5 Å². The predicted molar refractivity (Wildman–Crippen MR) is 164 cm³/mol. The molecule has 1 saturated heterocycles. The Morgan fingerprint density at radius 2 is 1.30 bits per heavy atom. The minimum atomic E-state index is -1.82. The van der Waals surface area contributed by atoms with Gasteiger partial charge < -0.3 is 19.9 Å². The van der Waals surface area contributed by atoms with E-state index in [4.69, 9.17) is 9.47 Å². The van der Waals surface area contributed by atoms with Gasteiger partial charge in [0.1, 0.15) is 17.0 Å². The first-order valence-electron chi connectivity index (χ1n) is 14.0. The molecule has 4 unspecified atom stereocenters. The summed E-state index contributed by atoms with van der Waals surface area (Å²) in [5, 5.41) is 13.8. The van der Waals surface area contributed by atoms with Gasteiger partial charge in [0.25, 0.3) is 0 Å². The van der Waals surface area contributed by atoms with Gasteiger partial charge in [0.2, 0.25) is 0 Å². The number of hydrogen-bond acceptors (Lipinski definition) is 5. The van der Waals surface area contributed by atoms with Crippen LogP contribution >= 0.6 is 0 Å². The molecule has 1 aliphatic rings. The summed E-state index contributed by atoms with van der Waals surface area (Å²) in [5.41, 5.74) is 1.32. The maximum absolute atomic E-state index is 14.6. The van der Waals surface area contributed by atoms with Crippen LogP contribution in [0.4, 0.5) is 10.5 Å². The molecule has 8 heteroatoms. The normalized spacial score (nSPS) is 21.2. The fourth-order valence-electron chi connectivity index (χ4n) is 6.12. The van der Waals surface area contributed by atoms with E-state index in [0.717, 1.165) is 5.56 Å². The van der Waals surface area contributed by atoms with Crippen LogP contribution in [0.15, 0.2) is 103 Å². The fraction of sp³-hybridized carbons (Fsp3) is 0.229. The second-order valence-electron chi connectivity index (χ2n) is 10.8. The zero-order valence-corrected chi connectivity index (χ0v) is 24.5. The van der Waals surface area contributed by atoms with E-state index in [1.807, 2.05) is 37.3 Å². The van der Waals surface area contributed by atoms with E-state index in [1.165, 1.54) is 11.8 Å². The number of anilines is 1. The van der Waals surface area contributed by atoms with Crippen molar-refractivity contribution in [3.63, 3.8) is 0 Å². The average Bonchev–Trinajstić information content (AvgIpc) is 3.32. The van der Waals surface area contributed by atoms with Crippen molar-refractivity contribution in [3.8, 4) is 11.5 Å². The number of carboxylic acid groups (broad SMARTS) is 1. The van der Waals surface area contributed by atoms with E-state index in [2.05, 4.69) is 5.32 Å². The highest BCUT2D eigenvalue weighted by atomic mass is 16.5. The van der Waals surface area contributed by atoms with Gasteiger partial charge in [0.15, 0.2) is 5.78 Å². The van der Waals surface area contributed by atoms with Gasteiger partial charge in [-0.15, -0.1) is 0 Å². The minimum Gasteiger partial charge on any atom is -0.497 e. The number of likely N-dealkylation sites (tertiary alicyclic amines) is 1. The summed E-state index contributed by atoms with van der Waals surface area (Å²) in [7, 11) is 3.09. The Morgan fingerprint density at radius 3 is 1.84 bits per heavy atom. The van der Waals surface area contributed by atoms with Gasteiger partial charge in [-0.3, -0.25) is 9.69 Å². The number of ether oxygens (including phenoxy) is 2. The van der Waals surface area contributed by atoms with Crippen molar-refractivity contribution in [2.45, 2.75) is 31.3 Å². The summed E-state index contributed by atoms with van der Waals surface area (Å²) in [6, 6.07) is 28.6. The lowest BCUT2D eigenvalue weighted by molar-refractivity contribution is -0.148. The molecular weight excluding hydrogens is 544 g/mol. The van der Waals surface area contributed by atoms with E-state index in [-0.39, 0.29) is 5.78 Å². The number of hydrogen-bond donors (Lipinski definition) is 2. The van der Waals surface area contributed by atoms with Gasteiger partial charge in [0.05, 0.1) is 26.2 Å². The van der Waals surface area contributed by atoms with Crippen molar-refractivity contribution in [3.05, 3.63) is 125 Å². The molecule has 8 nitrogen and oxygen atoms in total. The Labute approximate surface area is 250 Å². The minimum absolute atomic E-state index is 0.281. The van der Waals surface area contributed by atoms with Gasteiger partial charge >= 0.3 is 12.0 Å². The standard InChI is InChI=1S/C35H34N2O6/c1-22-10-12-24(13-11-22)31-29(32(38)25-16-20-28(43-4)21-17-25)30(23-14-18-27(42-3)19-15-23)35(2,33(39)40)37(31)34(41)36-26-8-6-5-7-9-26/h5-21,29-31H,1-4H3,(H,36,41)(H,39,40). The molecule has 0 bridgehead atoms. The molecule has 0 aromatic heterocycles. The number of carboxylic acids is 1. The molecule has 1 aliphatic heterocycles. The summed E-state index contributed by atoms with van der Waals surface area (Å²) in [5.74, 6) is -2.20. The fourth-order valence-corrected chi connectivity index (χ4v) is 6.12. The number of carbonyl (C=O) groups excluding carboxylic acids is 2. The molecule has 0 spiro atoms. The largest absolute Gasteiger partial charge is 0.497 e. The number of amides is 2. The monoisotopic (exact) mass is 578 g/mol. The third-order valence-electron chi connectivity index (χ3n) is 8.33. The number of urea groups is 1. The number of carbonyl (C=O) groups is 3. The van der Waals surface area contributed by atoms with Crippen molar-refractivity contribution < 1.29 is 29.0 Å². The molecule has 2 N–H and O–H groups in total. The number of aliphatic carboxylic acids is 1. The van der Waals surface area contributed by atoms with Crippen LogP contribution < -0.4 is 14.8 Å². The van der Waals surface area contributed by atoms with Gasteiger partial charge in [-0.1, -0.05) is 60.2 Å². The number of nitrogens with zero attached hydrogens (tertiary/aromatic N) is 1. The Bertz CT molecular complexity index is 1600. The van der Waals surface area contributed by atoms with Crippen LogP contribution in [0.3, 0.4) is 0 Å². The molecule has 0 saturated carbocycles. The van der Waals surface area contributed by atoms with Gasteiger partial charge in [0, 0.05) is 17.2 Å². The number of para-hydroxylation sites is 1. The molecule has 4 atom stereocenters. The molecular formula is C35H34N2O6. The Kier molecular flexibility index (Phi) is 8.21.